The topological polar surface area (TPSA) is 73.8 Å². The highest BCUT2D eigenvalue weighted by molar-refractivity contribution is 7.99. The Morgan fingerprint density at radius 1 is 1.50 bits per heavy atom. The van der Waals surface area contributed by atoms with Gasteiger partial charge in [0.15, 0.2) is 17.1 Å². The Hall–Kier alpha value is -1.63. The number of aldehydes is 1. The van der Waals surface area contributed by atoms with E-state index in [0.717, 1.165) is 12.8 Å². The maximum atomic E-state index is 10.5. The number of rotatable bonds is 4. The normalized spacial score (nSPS) is 15.2. The third-order valence-electron chi connectivity index (χ3n) is 2.27. The number of nitrogens with zero attached hydrogens (tertiary/aromatic N) is 4. The van der Waals surface area contributed by atoms with Gasteiger partial charge in [-0.3, -0.25) is 4.79 Å². The molecule has 0 bridgehead atoms. The van der Waals surface area contributed by atoms with Crippen LogP contribution in [0, 0.1) is 0 Å². The van der Waals surface area contributed by atoms with Gasteiger partial charge in [-0.15, -0.1) is 5.10 Å². The summed E-state index contributed by atoms with van der Waals surface area (Å²) < 4.78 is 7.05. The molecule has 16 heavy (non-hydrogen) atoms. The molecule has 0 atom stereocenters. The molecule has 82 valence electrons. The van der Waals surface area contributed by atoms with E-state index in [2.05, 4.69) is 15.5 Å². The lowest BCUT2D eigenvalue weighted by molar-refractivity contribution is 0.109. The molecule has 2 heterocycles. The lowest BCUT2D eigenvalue weighted by Crippen LogP contribution is -1.98. The predicted molar refractivity (Wildman–Crippen MR) is 54.3 cm³/mol. The lowest BCUT2D eigenvalue weighted by atomic mass is 10.5. The van der Waals surface area contributed by atoms with Crippen LogP contribution < -0.4 is 0 Å². The molecule has 0 spiro atoms. The zero-order valence-electron chi connectivity index (χ0n) is 8.24. The van der Waals surface area contributed by atoms with Gasteiger partial charge in [-0.1, -0.05) is 0 Å². The third kappa shape index (κ3) is 1.73. The molecule has 0 saturated heterocycles. The minimum absolute atomic E-state index is 0.313. The summed E-state index contributed by atoms with van der Waals surface area (Å²) in [5.74, 6) is 0.313. The number of carbonyl (C=O) groups is 1. The highest BCUT2D eigenvalue weighted by atomic mass is 32.2. The smallest absolute Gasteiger partial charge is 0.217 e. The van der Waals surface area contributed by atoms with Crippen molar-refractivity contribution in [3.8, 4) is 0 Å². The molecule has 2 aromatic rings. The fraction of sp³-hybridized carbons (Fsp3) is 0.333. The van der Waals surface area contributed by atoms with Crippen LogP contribution in [0.5, 0.6) is 0 Å². The molecule has 1 saturated carbocycles. The van der Waals surface area contributed by atoms with Crippen molar-refractivity contribution in [2.24, 2.45) is 0 Å². The summed E-state index contributed by atoms with van der Waals surface area (Å²) in [5, 5.41) is 12.8. The Kier molecular flexibility index (Phi) is 2.24. The van der Waals surface area contributed by atoms with E-state index in [1.54, 1.807) is 16.8 Å². The quantitative estimate of drug-likeness (QED) is 0.750. The standard InChI is InChI=1S/C9H8N4O2S/c14-5-7-3-4-8(15-7)16-9-10-11-12-13(9)6-1-2-6/h3-6H,1-2H2. The van der Waals surface area contributed by atoms with E-state index in [1.165, 1.54) is 11.8 Å². The Morgan fingerprint density at radius 3 is 3.06 bits per heavy atom. The largest absolute Gasteiger partial charge is 0.447 e. The highest BCUT2D eigenvalue weighted by Gasteiger charge is 2.28. The molecule has 1 fully saturated rings. The first-order valence-corrected chi connectivity index (χ1v) is 5.69. The summed E-state index contributed by atoms with van der Waals surface area (Å²) in [4.78, 5) is 10.5. The second-order valence-electron chi connectivity index (χ2n) is 3.51. The van der Waals surface area contributed by atoms with Crippen molar-refractivity contribution in [2.75, 3.05) is 0 Å². The molecule has 0 aliphatic heterocycles. The van der Waals surface area contributed by atoms with Gasteiger partial charge in [-0.2, -0.15) is 0 Å². The predicted octanol–water partition coefficient (Wildman–Crippen LogP) is 1.56. The van der Waals surface area contributed by atoms with Crippen LogP contribution in [0.3, 0.4) is 0 Å². The summed E-state index contributed by atoms with van der Waals surface area (Å²) in [5.41, 5.74) is 0. The fourth-order valence-corrected chi connectivity index (χ4v) is 2.15. The summed E-state index contributed by atoms with van der Waals surface area (Å²) in [6, 6.07) is 3.79. The van der Waals surface area contributed by atoms with E-state index in [0.29, 0.717) is 28.3 Å². The van der Waals surface area contributed by atoms with Gasteiger partial charge < -0.3 is 4.42 Å². The average molecular weight is 236 g/mol. The van der Waals surface area contributed by atoms with Crippen LogP contribution >= 0.6 is 11.8 Å². The minimum Gasteiger partial charge on any atom is -0.447 e. The van der Waals surface area contributed by atoms with Crippen molar-refractivity contribution in [1.29, 1.82) is 0 Å². The van der Waals surface area contributed by atoms with Crippen LogP contribution in [0.2, 0.25) is 0 Å². The van der Waals surface area contributed by atoms with Gasteiger partial charge in [0.05, 0.1) is 6.04 Å². The van der Waals surface area contributed by atoms with E-state index in [1.807, 2.05) is 0 Å². The third-order valence-corrected chi connectivity index (χ3v) is 3.14. The first-order chi connectivity index (χ1) is 7.86. The Labute approximate surface area is 95.0 Å². The summed E-state index contributed by atoms with van der Waals surface area (Å²) in [6.07, 6.45) is 2.92. The molecule has 7 heteroatoms. The van der Waals surface area contributed by atoms with Crippen molar-refractivity contribution in [1.82, 2.24) is 20.2 Å². The molecule has 6 nitrogen and oxygen atoms in total. The molecule has 1 aliphatic carbocycles. The van der Waals surface area contributed by atoms with E-state index in [9.17, 15) is 4.79 Å². The number of carbonyl (C=O) groups excluding carboxylic acids is 1. The highest BCUT2D eigenvalue weighted by Crippen LogP contribution is 2.38. The zero-order chi connectivity index (χ0) is 11.0. The summed E-state index contributed by atoms with van der Waals surface area (Å²) in [6.45, 7) is 0. The molecule has 0 N–H and O–H groups in total. The molecule has 0 unspecified atom stereocenters. The van der Waals surface area contributed by atoms with Crippen LogP contribution in [0.15, 0.2) is 26.8 Å². The van der Waals surface area contributed by atoms with Crippen molar-refractivity contribution < 1.29 is 9.21 Å². The molecule has 0 amide bonds. The molecule has 0 radical (unpaired) electrons. The Bertz CT molecular complexity index is 517. The Balaban J connectivity index is 1.82. The number of furan rings is 1. The van der Waals surface area contributed by atoms with Gasteiger partial charge in [0.1, 0.15) is 0 Å². The van der Waals surface area contributed by atoms with Gasteiger partial charge in [0.2, 0.25) is 5.16 Å². The number of hydrogen-bond acceptors (Lipinski definition) is 6. The number of aromatic nitrogens is 4. The maximum Gasteiger partial charge on any atom is 0.217 e. The first kappa shape index (κ1) is 9.59. The second kappa shape index (κ2) is 3.75. The van der Waals surface area contributed by atoms with Gasteiger partial charge >= 0.3 is 0 Å². The minimum atomic E-state index is 0.313. The molecule has 1 aliphatic rings. The van der Waals surface area contributed by atoms with Crippen molar-refractivity contribution in [3.63, 3.8) is 0 Å². The molecule has 0 aromatic carbocycles. The average Bonchev–Trinajstić information content (AvgIpc) is 2.88. The van der Waals surface area contributed by atoms with Gasteiger partial charge in [0, 0.05) is 0 Å². The molecule has 3 rings (SSSR count). The fourth-order valence-electron chi connectivity index (χ4n) is 1.34. The van der Waals surface area contributed by atoms with Crippen LogP contribution in [-0.4, -0.2) is 26.5 Å². The van der Waals surface area contributed by atoms with Crippen molar-refractivity contribution >= 4 is 18.0 Å². The van der Waals surface area contributed by atoms with E-state index in [4.69, 9.17) is 4.42 Å². The van der Waals surface area contributed by atoms with E-state index >= 15 is 0 Å². The van der Waals surface area contributed by atoms with Crippen molar-refractivity contribution in [2.45, 2.75) is 29.1 Å². The van der Waals surface area contributed by atoms with Crippen LogP contribution in [0.1, 0.15) is 29.4 Å². The van der Waals surface area contributed by atoms with Crippen LogP contribution in [0.25, 0.3) is 0 Å². The van der Waals surface area contributed by atoms with Crippen LogP contribution in [0.4, 0.5) is 0 Å². The van der Waals surface area contributed by atoms with E-state index in [-0.39, 0.29) is 0 Å². The molecular weight excluding hydrogens is 228 g/mol. The molecular formula is C9H8N4O2S. The van der Waals surface area contributed by atoms with Gasteiger partial charge in [-0.25, -0.2) is 4.68 Å². The summed E-state index contributed by atoms with van der Waals surface area (Å²) >= 11 is 1.33. The van der Waals surface area contributed by atoms with E-state index < -0.39 is 0 Å². The monoisotopic (exact) mass is 236 g/mol. The Morgan fingerprint density at radius 2 is 2.38 bits per heavy atom. The van der Waals surface area contributed by atoms with Gasteiger partial charge in [-0.05, 0) is 47.2 Å². The van der Waals surface area contributed by atoms with Gasteiger partial charge in [0.25, 0.3) is 0 Å². The number of hydrogen-bond donors (Lipinski definition) is 0. The first-order valence-electron chi connectivity index (χ1n) is 4.87. The SMILES string of the molecule is O=Cc1ccc(Sc2nnnn2C2CC2)o1. The van der Waals surface area contributed by atoms with Crippen molar-refractivity contribution in [3.05, 3.63) is 17.9 Å². The maximum absolute atomic E-state index is 10.5. The van der Waals surface area contributed by atoms with Crippen LogP contribution in [-0.2, 0) is 0 Å². The number of tetrazole rings is 1. The molecule has 2 aromatic heterocycles. The zero-order valence-corrected chi connectivity index (χ0v) is 9.05. The lowest BCUT2D eigenvalue weighted by Gasteiger charge is -1.98. The second-order valence-corrected chi connectivity index (χ2v) is 4.49. The summed E-state index contributed by atoms with van der Waals surface area (Å²) in [7, 11) is 0.